The maximum atomic E-state index is 12.3. The third-order valence-electron chi connectivity index (χ3n) is 2.97. The summed E-state index contributed by atoms with van der Waals surface area (Å²) >= 11 is 0. The molecule has 21 heavy (non-hydrogen) atoms. The van der Waals surface area contributed by atoms with Crippen LogP contribution in [0, 0.1) is 12.8 Å². The number of hydrogen-bond acceptors (Lipinski definition) is 5. The van der Waals surface area contributed by atoms with E-state index in [9.17, 15) is 9.59 Å². The zero-order valence-electron chi connectivity index (χ0n) is 12.7. The molecule has 7 heteroatoms. The zero-order valence-corrected chi connectivity index (χ0v) is 12.7. The molecule has 1 aromatic heterocycles. The highest BCUT2D eigenvalue weighted by atomic mass is 16.5. The van der Waals surface area contributed by atoms with Gasteiger partial charge in [0.25, 0.3) is 5.91 Å². The molecule has 0 spiro atoms. The number of carboxylic acid groups (broad SMARTS) is 1. The highest BCUT2D eigenvalue weighted by Crippen LogP contribution is 2.09. The van der Waals surface area contributed by atoms with Gasteiger partial charge in [-0.25, -0.2) is 0 Å². The van der Waals surface area contributed by atoms with Gasteiger partial charge in [-0.2, -0.15) is 0 Å². The maximum absolute atomic E-state index is 12.3. The molecule has 0 aliphatic rings. The van der Waals surface area contributed by atoms with E-state index in [4.69, 9.17) is 14.4 Å². The average Bonchev–Trinajstić information content (AvgIpc) is 2.87. The Morgan fingerprint density at radius 3 is 2.76 bits per heavy atom. The molecule has 7 nitrogen and oxygen atoms in total. The van der Waals surface area contributed by atoms with E-state index in [1.165, 1.54) is 4.90 Å². The fraction of sp³-hybridized carbons (Fsp3) is 0.643. The van der Waals surface area contributed by atoms with Gasteiger partial charge in [-0.15, -0.1) is 0 Å². The Labute approximate surface area is 123 Å². The van der Waals surface area contributed by atoms with Crippen LogP contribution in [0.2, 0.25) is 0 Å². The van der Waals surface area contributed by atoms with Gasteiger partial charge >= 0.3 is 5.97 Å². The maximum Gasteiger partial charge on any atom is 0.308 e. The fourth-order valence-electron chi connectivity index (χ4n) is 1.82. The number of aromatic nitrogens is 1. The fourth-order valence-corrected chi connectivity index (χ4v) is 1.82. The molecule has 1 heterocycles. The lowest BCUT2D eigenvalue weighted by atomic mass is 10.1. The molecule has 118 valence electrons. The highest BCUT2D eigenvalue weighted by molar-refractivity contribution is 5.92. The first-order chi connectivity index (χ1) is 9.95. The highest BCUT2D eigenvalue weighted by Gasteiger charge is 2.23. The summed E-state index contributed by atoms with van der Waals surface area (Å²) in [5.74, 6) is -1.36. The van der Waals surface area contributed by atoms with Crippen molar-refractivity contribution in [2.24, 2.45) is 5.92 Å². The van der Waals surface area contributed by atoms with Crippen LogP contribution in [0.25, 0.3) is 0 Å². The summed E-state index contributed by atoms with van der Waals surface area (Å²) < 4.78 is 10.1. The first kappa shape index (κ1) is 17.2. The third kappa shape index (κ3) is 5.55. The lowest BCUT2D eigenvalue weighted by molar-refractivity contribution is -0.141. The summed E-state index contributed by atoms with van der Waals surface area (Å²) in [4.78, 5) is 24.8. The van der Waals surface area contributed by atoms with Crippen molar-refractivity contribution in [3.8, 4) is 0 Å². The third-order valence-corrected chi connectivity index (χ3v) is 2.97. The monoisotopic (exact) mass is 298 g/mol. The lowest BCUT2D eigenvalue weighted by Gasteiger charge is -2.23. The first-order valence-corrected chi connectivity index (χ1v) is 6.98. The van der Waals surface area contributed by atoms with Crippen LogP contribution in [0.15, 0.2) is 10.6 Å². The van der Waals surface area contributed by atoms with E-state index in [0.29, 0.717) is 31.9 Å². The van der Waals surface area contributed by atoms with Crippen molar-refractivity contribution in [1.29, 1.82) is 0 Å². The number of nitrogens with zero attached hydrogens (tertiary/aromatic N) is 2. The summed E-state index contributed by atoms with van der Waals surface area (Å²) in [7, 11) is 0. The zero-order chi connectivity index (χ0) is 15.8. The molecule has 0 bridgehead atoms. The predicted molar refractivity (Wildman–Crippen MR) is 75.1 cm³/mol. The number of carbonyl (C=O) groups excluding carboxylic acids is 1. The molecule has 0 radical (unpaired) electrons. The van der Waals surface area contributed by atoms with E-state index in [-0.39, 0.29) is 18.1 Å². The minimum atomic E-state index is -0.936. The second-order valence-corrected chi connectivity index (χ2v) is 4.86. The summed E-state index contributed by atoms with van der Waals surface area (Å²) in [6, 6.07) is 1.54. The lowest BCUT2D eigenvalue weighted by Crippen LogP contribution is -2.38. The molecule has 0 saturated heterocycles. The molecule has 1 atom stereocenters. The normalized spacial score (nSPS) is 12.1. The molecule has 0 aliphatic carbocycles. The Hall–Kier alpha value is -1.89. The van der Waals surface area contributed by atoms with Crippen LogP contribution in [-0.2, 0) is 9.53 Å². The molecule has 0 aromatic carbocycles. The summed E-state index contributed by atoms with van der Waals surface area (Å²) in [6.45, 7) is 6.85. The minimum Gasteiger partial charge on any atom is -0.481 e. The standard InChI is InChI=1S/C14H22N2O5/c1-4-20-7-5-6-16(9-10(2)14(18)19)13(17)12-8-11(3)21-15-12/h8,10H,4-7,9H2,1-3H3,(H,18,19). The molecule has 0 saturated carbocycles. The van der Waals surface area contributed by atoms with Crippen molar-refractivity contribution >= 4 is 11.9 Å². The van der Waals surface area contributed by atoms with Crippen LogP contribution in [0.5, 0.6) is 0 Å². The van der Waals surface area contributed by atoms with Gasteiger partial charge in [0.2, 0.25) is 0 Å². The van der Waals surface area contributed by atoms with Gasteiger partial charge < -0.3 is 19.3 Å². The van der Waals surface area contributed by atoms with Gasteiger partial charge in [0.1, 0.15) is 5.76 Å². The summed E-state index contributed by atoms with van der Waals surface area (Å²) in [5.41, 5.74) is 0.196. The SMILES string of the molecule is CCOCCCN(CC(C)C(=O)O)C(=O)c1cc(C)on1. The molecule has 0 fully saturated rings. The number of hydrogen-bond donors (Lipinski definition) is 1. The second kappa shape index (κ2) is 8.41. The molecular weight excluding hydrogens is 276 g/mol. The number of aryl methyl sites for hydroxylation is 1. The van der Waals surface area contributed by atoms with Gasteiger partial charge in [0, 0.05) is 32.4 Å². The number of ether oxygens (including phenoxy) is 1. The molecule has 0 aliphatic heterocycles. The van der Waals surface area contributed by atoms with Crippen LogP contribution in [0.1, 0.15) is 36.5 Å². The Balaban J connectivity index is 2.70. The van der Waals surface area contributed by atoms with Gasteiger partial charge in [0.05, 0.1) is 5.92 Å². The van der Waals surface area contributed by atoms with Crippen molar-refractivity contribution in [3.63, 3.8) is 0 Å². The number of aliphatic carboxylic acids is 1. The Bertz CT molecular complexity index is 472. The number of amides is 1. The van der Waals surface area contributed by atoms with Crippen molar-refractivity contribution in [3.05, 3.63) is 17.5 Å². The number of rotatable bonds is 9. The largest absolute Gasteiger partial charge is 0.481 e. The van der Waals surface area contributed by atoms with Crippen molar-refractivity contribution in [2.45, 2.75) is 27.2 Å². The first-order valence-electron chi connectivity index (χ1n) is 6.98. The van der Waals surface area contributed by atoms with E-state index in [1.807, 2.05) is 6.92 Å². The summed E-state index contributed by atoms with van der Waals surface area (Å²) in [6.07, 6.45) is 0.642. The van der Waals surface area contributed by atoms with E-state index < -0.39 is 11.9 Å². The molecule has 1 unspecified atom stereocenters. The van der Waals surface area contributed by atoms with Crippen LogP contribution >= 0.6 is 0 Å². The van der Waals surface area contributed by atoms with Crippen molar-refractivity contribution in [2.75, 3.05) is 26.3 Å². The van der Waals surface area contributed by atoms with Crippen LogP contribution < -0.4 is 0 Å². The second-order valence-electron chi connectivity index (χ2n) is 4.86. The Morgan fingerprint density at radius 1 is 1.52 bits per heavy atom. The quantitative estimate of drug-likeness (QED) is 0.696. The number of carboxylic acids is 1. The molecule has 1 amide bonds. The van der Waals surface area contributed by atoms with Gasteiger partial charge in [-0.05, 0) is 20.3 Å². The van der Waals surface area contributed by atoms with E-state index in [2.05, 4.69) is 5.16 Å². The van der Waals surface area contributed by atoms with Crippen LogP contribution in [0.4, 0.5) is 0 Å². The topological polar surface area (TPSA) is 92.9 Å². The van der Waals surface area contributed by atoms with E-state index in [0.717, 1.165) is 0 Å². The molecule has 1 aromatic rings. The van der Waals surface area contributed by atoms with Gasteiger partial charge in [-0.1, -0.05) is 12.1 Å². The molecular formula is C14H22N2O5. The van der Waals surface area contributed by atoms with Crippen molar-refractivity contribution in [1.82, 2.24) is 10.1 Å². The van der Waals surface area contributed by atoms with Gasteiger partial charge in [0.15, 0.2) is 5.69 Å². The van der Waals surface area contributed by atoms with Crippen LogP contribution in [0.3, 0.4) is 0 Å². The van der Waals surface area contributed by atoms with Crippen LogP contribution in [-0.4, -0.2) is 53.3 Å². The van der Waals surface area contributed by atoms with E-state index in [1.54, 1.807) is 19.9 Å². The predicted octanol–water partition coefficient (Wildman–Crippen LogP) is 1.57. The number of carbonyl (C=O) groups is 2. The smallest absolute Gasteiger partial charge is 0.308 e. The molecule has 1 rings (SSSR count). The van der Waals surface area contributed by atoms with Gasteiger partial charge in [-0.3, -0.25) is 9.59 Å². The summed E-state index contributed by atoms with van der Waals surface area (Å²) in [5, 5.41) is 12.7. The minimum absolute atomic E-state index is 0.131. The molecule has 1 N–H and O–H groups in total. The van der Waals surface area contributed by atoms with E-state index >= 15 is 0 Å². The Morgan fingerprint density at radius 2 is 2.24 bits per heavy atom. The average molecular weight is 298 g/mol. The van der Waals surface area contributed by atoms with Crippen molar-refractivity contribution < 1.29 is 24.0 Å². The Kier molecular flexibility index (Phi) is 6.87.